The predicted molar refractivity (Wildman–Crippen MR) is 79.6 cm³/mol. The molecular formula is C16H28N2O2. The van der Waals surface area contributed by atoms with Crippen LogP contribution in [0.3, 0.4) is 0 Å². The van der Waals surface area contributed by atoms with Gasteiger partial charge in [-0.25, -0.2) is 0 Å². The molecule has 0 aliphatic heterocycles. The third-order valence-corrected chi connectivity index (χ3v) is 4.70. The molecular weight excluding hydrogens is 252 g/mol. The van der Waals surface area contributed by atoms with Crippen LogP contribution in [0.25, 0.3) is 0 Å². The number of nitrogens with zero attached hydrogens (tertiary/aromatic N) is 2. The Kier molecular flexibility index (Phi) is 5.22. The molecule has 0 amide bonds. The number of aliphatic hydroxyl groups is 2. The van der Waals surface area contributed by atoms with E-state index in [-0.39, 0.29) is 0 Å². The molecule has 0 bridgehead atoms. The van der Waals surface area contributed by atoms with Gasteiger partial charge >= 0.3 is 0 Å². The molecule has 0 radical (unpaired) electrons. The zero-order valence-electron chi connectivity index (χ0n) is 12.8. The van der Waals surface area contributed by atoms with E-state index in [0.29, 0.717) is 25.3 Å². The fourth-order valence-corrected chi connectivity index (χ4v) is 2.98. The fourth-order valence-electron chi connectivity index (χ4n) is 2.98. The molecule has 1 saturated carbocycles. The minimum absolute atomic E-state index is 0.377. The Morgan fingerprint density at radius 1 is 1.30 bits per heavy atom. The summed E-state index contributed by atoms with van der Waals surface area (Å²) in [4.78, 5) is 0. The average Bonchev–Trinajstić information content (AvgIpc) is 2.78. The monoisotopic (exact) mass is 280 g/mol. The molecule has 0 saturated heterocycles. The van der Waals surface area contributed by atoms with Gasteiger partial charge in [-0.15, -0.1) is 0 Å². The van der Waals surface area contributed by atoms with Crippen molar-refractivity contribution in [2.24, 2.45) is 0 Å². The normalized spacial score (nSPS) is 22.2. The van der Waals surface area contributed by atoms with Crippen LogP contribution in [0, 0.1) is 0 Å². The number of aromatic nitrogens is 2. The van der Waals surface area contributed by atoms with Crippen molar-refractivity contribution in [3.63, 3.8) is 0 Å². The van der Waals surface area contributed by atoms with Crippen LogP contribution >= 0.6 is 0 Å². The van der Waals surface area contributed by atoms with E-state index in [1.807, 2.05) is 16.9 Å². The Morgan fingerprint density at radius 2 is 1.95 bits per heavy atom. The molecule has 2 rings (SSSR count). The zero-order valence-corrected chi connectivity index (χ0v) is 12.8. The average molecular weight is 280 g/mol. The molecule has 114 valence electrons. The van der Waals surface area contributed by atoms with Crippen LogP contribution in [-0.2, 0) is 6.42 Å². The van der Waals surface area contributed by atoms with E-state index in [2.05, 4.69) is 18.9 Å². The molecule has 4 heteroatoms. The van der Waals surface area contributed by atoms with Gasteiger partial charge in [0.1, 0.15) is 0 Å². The molecule has 2 unspecified atom stereocenters. The van der Waals surface area contributed by atoms with E-state index in [0.717, 1.165) is 37.8 Å². The standard InChI is InChI=1S/C16H28N2O2/c1-3-13(2)18-11-8-14(17-18)12-15(19)16(20)9-6-4-5-7-10-16/h8,11,13,15,19-20H,3-7,9-10,12H2,1-2H3. The molecule has 0 aromatic carbocycles. The summed E-state index contributed by atoms with van der Waals surface area (Å²) in [5.41, 5.74) is -0.0492. The highest BCUT2D eigenvalue weighted by molar-refractivity contribution is 5.04. The predicted octanol–water partition coefficient (Wildman–Crippen LogP) is 2.84. The van der Waals surface area contributed by atoms with E-state index in [1.165, 1.54) is 0 Å². The van der Waals surface area contributed by atoms with Gasteiger partial charge in [0.15, 0.2) is 0 Å². The quantitative estimate of drug-likeness (QED) is 0.815. The first kappa shape index (κ1) is 15.5. The summed E-state index contributed by atoms with van der Waals surface area (Å²) in [5, 5.41) is 25.6. The summed E-state index contributed by atoms with van der Waals surface area (Å²) >= 11 is 0. The Morgan fingerprint density at radius 3 is 2.55 bits per heavy atom. The lowest BCUT2D eigenvalue weighted by Gasteiger charge is -2.31. The summed E-state index contributed by atoms with van der Waals surface area (Å²) in [5.74, 6) is 0. The number of aliphatic hydroxyl groups excluding tert-OH is 1. The van der Waals surface area contributed by atoms with Gasteiger partial charge < -0.3 is 10.2 Å². The highest BCUT2D eigenvalue weighted by atomic mass is 16.3. The van der Waals surface area contributed by atoms with E-state index >= 15 is 0 Å². The Balaban J connectivity index is 1.99. The minimum atomic E-state index is -0.920. The minimum Gasteiger partial charge on any atom is -0.390 e. The van der Waals surface area contributed by atoms with Crippen LogP contribution in [0.15, 0.2) is 12.3 Å². The molecule has 2 N–H and O–H groups in total. The van der Waals surface area contributed by atoms with Crippen molar-refractivity contribution < 1.29 is 10.2 Å². The van der Waals surface area contributed by atoms with Crippen molar-refractivity contribution in [1.29, 1.82) is 0 Å². The van der Waals surface area contributed by atoms with E-state index < -0.39 is 11.7 Å². The third-order valence-electron chi connectivity index (χ3n) is 4.70. The molecule has 1 aliphatic carbocycles. The lowest BCUT2D eigenvalue weighted by Crippen LogP contribution is -2.43. The van der Waals surface area contributed by atoms with E-state index in [4.69, 9.17) is 0 Å². The molecule has 1 aromatic heterocycles. The van der Waals surface area contributed by atoms with Crippen molar-refractivity contribution in [2.45, 2.75) is 83.0 Å². The Hall–Kier alpha value is -0.870. The highest BCUT2D eigenvalue weighted by Gasteiger charge is 2.36. The van der Waals surface area contributed by atoms with Crippen LogP contribution in [0.1, 0.15) is 70.5 Å². The molecule has 2 atom stereocenters. The van der Waals surface area contributed by atoms with Gasteiger partial charge in [-0.1, -0.05) is 32.6 Å². The van der Waals surface area contributed by atoms with Crippen LogP contribution in [0.4, 0.5) is 0 Å². The molecule has 1 heterocycles. The first-order valence-electron chi connectivity index (χ1n) is 7.99. The van der Waals surface area contributed by atoms with Gasteiger partial charge in [-0.2, -0.15) is 5.10 Å². The third kappa shape index (κ3) is 3.61. The maximum Gasteiger partial charge on any atom is 0.0909 e. The fraction of sp³-hybridized carbons (Fsp3) is 0.812. The molecule has 0 spiro atoms. The van der Waals surface area contributed by atoms with Gasteiger partial charge in [0, 0.05) is 18.7 Å². The first-order chi connectivity index (χ1) is 9.55. The highest BCUT2D eigenvalue weighted by Crippen LogP contribution is 2.31. The summed E-state index contributed by atoms with van der Waals surface area (Å²) in [6.07, 6.45) is 8.50. The first-order valence-corrected chi connectivity index (χ1v) is 7.99. The molecule has 4 nitrogen and oxygen atoms in total. The lowest BCUT2D eigenvalue weighted by atomic mass is 9.86. The molecule has 1 fully saturated rings. The summed E-state index contributed by atoms with van der Waals surface area (Å²) in [7, 11) is 0. The van der Waals surface area contributed by atoms with E-state index in [9.17, 15) is 10.2 Å². The maximum atomic E-state index is 10.7. The summed E-state index contributed by atoms with van der Waals surface area (Å²) in [6, 6.07) is 2.33. The Bertz CT molecular complexity index is 408. The van der Waals surface area contributed by atoms with Crippen LogP contribution in [-0.4, -0.2) is 31.7 Å². The SMILES string of the molecule is CCC(C)n1ccc(CC(O)C2(O)CCCCCC2)n1. The van der Waals surface area contributed by atoms with Crippen molar-refractivity contribution >= 4 is 0 Å². The van der Waals surface area contributed by atoms with Crippen molar-refractivity contribution in [1.82, 2.24) is 9.78 Å². The number of hydrogen-bond acceptors (Lipinski definition) is 3. The van der Waals surface area contributed by atoms with E-state index in [1.54, 1.807) is 0 Å². The maximum absolute atomic E-state index is 10.7. The molecule has 1 aliphatic rings. The largest absolute Gasteiger partial charge is 0.390 e. The van der Waals surface area contributed by atoms with Crippen molar-refractivity contribution in [2.75, 3.05) is 0 Å². The smallest absolute Gasteiger partial charge is 0.0909 e. The van der Waals surface area contributed by atoms with Crippen molar-refractivity contribution in [3.05, 3.63) is 18.0 Å². The number of hydrogen-bond donors (Lipinski definition) is 2. The van der Waals surface area contributed by atoms with Gasteiger partial charge in [-0.3, -0.25) is 4.68 Å². The Labute approximate surface area is 121 Å². The van der Waals surface area contributed by atoms with Crippen LogP contribution in [0.2, 0.25) is 0 Å². The van der Waals surface area contributed by atoms with Gasteiger partial charge in [0.25, 0.3) is 0 Å². The summed E-state index contributed by atoms with van der Waals surface area (Å²) in [6.45, 7) is 4.27. The zero-order chi connectivity index (χ0) is 14.6. The van der Waals surface area contributed by atoms with Crippen LogP contribution < -0.4 is 0 Å². The van der Waals surface area contributed by atoms with Gasteiger partial charge in [0.2, 0.25) is 0 Å². The second-order valence-corrected chi connectivity index (χ2v) is 6.28. The molecule has 1 aromatic rings. The number of rotatable bonds is 5. The topological polar surface area (TPSA) is 58.3 Å². The lowest BCUT2D eigenvalue weighted by molar-refractivity contribution is -0.0840. The van der Waals surface area contributed by atoms with Crippen molar-refractivity contribution in [3.8, 4) is 0 Å². The molecule has 20 heavy (non-hydrogen) atoms. The summed E-state index contributed by atoms with van der Waals surface area (Å²) < 4.78 is 1.94. The second kappa shape index (κ2) is 6.72. The second-order valence-electron chi connectivity index (χ2n) is 6.28. The van der Waals surface area contributed by atoms with Gasteiger partial charge in [-0.05, 0) is 32.3 Å². The van der Waals surface area contributed by atoms with Gasteiger partial charge in [0.05, 0.1) is 17.4 Å². The van der Waals surface area contributed by atoms with Crippen LogP contribution in [0.5, 0.6) is 0 Å².